The van der Waals surface area contributed by atoms with Crippen LogP contribution >= 0.6 is 11.3 Å². The highest BCUT2D eigenvalue weighted by molar-refractivity contribution is 7.91. The van der Waals surface area contributed by atoms with Crippen LogP contribution in [0, 0.1) is 0 Å². The van der Waals surface area contributed by atoms with E-state index < -0.39 is 10.0 Å². The Hall–Kier alpha value is -0.960. The van der Waals surface area contributed by atoms with E-state index in [0.717, 1.165) is 0 Å². The summed E-state index contributed by atoms with van der Waals surface area (Å²) in [7, 11) is -3.34. The topological polar surface area (TPSA) is 83.7 Å². The number of thiophene rings is 1. The Bertz CT molecular complexity index is 519. The molecule has 0 bridgehead atoms. The number of amides is 1. The molecule has 1 aliphatic rings. The average molecular weight is 303 g/mol. The van der Waals surface area contributed by atoms with E-state index in [1.807, 2.05) is 0 Å². The van der Waals surface area contributed by atoms with E-state index in [2.05, 4.69) is 4.90 Å². The average Bonchev–Trinajstić information content (AvgIpc) is 2.91. The van der Waals surface area contributed by atoms with Crippen molar-refractivity contribution in [2.45, 2.75) is 10.6 Å². The molecule has 6 nitrogen and oxygen atoms in total. The van der Waals surface area contributed by atoms with Gasteiger partial charge in [0.2, 0.25) is 5.91 Å². The predicted molar refractivity (Wildman–Crippen MR) is 73.3 cm³/mol. The van der Waals surface area contributed by atoms with E-state index >= 15 is 0 Å². The first-order valence-electron chi connectivity index (χ1n) is 6.04. The lowest BCUT2D eigenvalue weighted by molar-refractivity contribution is -0.118. The number of nitrogens with two attached hydrogens (primary N) is 1. The van der Waals surface area contributed by atoms with Gasteiger partial charge in [0.25, 0.3) is 10.0 Å². The van der Waals surface area contributed by atoms with E-state index in [1.165, 1.54) is 15.6 Å². The minimum atomic E-state index is -3.34. The first-order valence-corrected chi connectivity index (χ1v) is 8.36. The molecule has 1 amide bonds. The summed E-state index contributed by atoms with van der Waals surface area (Å²) in [5.41, 5.74) is 5.10. The summed E-state index contributed by atoms with van der Waals surface area (Å²) in [6, 6.07) is 3.36. The Labute approximate surface area is 116 Å². The predicted octanol–water partition coefficient (Wildman–Crippen LogP) is -0.0702. The van der Waals surface area contributed by atoms with Crippen LogP contribution in [-0.2, 0) is 14.8 Å². The van der Waals surface area contributed by atoms with Crippen LogP contribution < -0.4 is 5.73 Å². The second-order valence-electron chi connectivity index (χ2n) is 4.39. The van der Waals surface area contributed by atoms with Gasteiger partial charge in [0.15, 0.2) is 0 Å². The summed E-state index contributed by atoms with van der Waals surface area (Å²) in [5.74, 6) is -0.325. The molecule has 1 saturated heterocycles. The number of hydrogen-bond acceptors (Lipinski definition) is 5. The SMILES string of the molecule is NC(=O)CCN1CCN(S(=O)(=O)c2cccs2)CC1. The minimum absolute atomic E-state index is 0.317. The molecule has 2 N–H and O–H groups in total. The number of sulfonamides is 1. The van der Waals surface area contributed by atoms with E-state index in [9.17, 15) is 13.2 Å². The Kier molecular flexibility index (Phi) is 4.56. The number of nitrogens with zero attached hydrogens (tertiary/aromatic N) is 2. The van der Waals surface area contributed by atoms with Crippen LogP contribution in [0.1, 0.15) is 6.42 Å². The lowest BCUT2D eigenvalue weighted by Gasteiger charge is -2.33. The molecule has 0 aromatic carbocycles. The van der Waals surface area contributed by atoms with Gasteiger partial charge in [0, 0.05) is 39.1 Å². The zero-order valence-corrected chi connectivity index (χ0v) is 12.1. The Morgan fingerprint density at radius 1 is 1.32 bits per heavy atom. The standard InChI is InChI=1S/C11H17N3O3S2/c12-10(15)3-4-13-5-7-14(8-6-13)19(16,17)11-2-1-9-18-11/h1-2,9H,3-8H2,(H2,12,15). The van der Waals surface area contributed by atoms with Crippen molar-refractivity contribution in [2.75, 3.05) is 32.7 Å². The van der Waals surface area contributed by atoms with Crippen molar-refractivity contribution in [3.8, 4) is 0 Å². The van der Waals surface area contributed by atoms with Crippen LogP contribution in [0.5, 0.6) is 0 Å². The van der Waals surface area contributed by atoms with Crippen LogP contribution in [0.15, 0.2) is 21.7 Å². The second kappa shape index (κ2) is 6.00. The summed E-state index contributed by atoms with van der Waals surface area (Å²) in [5, 5.41) is 1.76. The highest BCUT2D eigenvalue weighted by atomic mass is 32.2. The second-order valence-corrected chi connectivity index (χ2v) is 7.51. The fraction of sp³-hybridized carbons (Fsp3) is 0.545. The molecule has 1 aromatic rings. The quantitative estimate of drug-likeness (QED) is 0.825. The largest absolute Gasteiger partial charge is 0.370 e. The van der Waals surface area contributed by atoms with Crippen molar-refractivity contribution in [1.82, 2.24) is 9.21 Å². The zero-order chi connectivity index (χ0) is 13.9. The minimum Gasteiger partial charge on any atom is -0.370 e. The first kappa shape index (κ1) is 14.4. The van der Waals surface area contributed by atoms with Crippen LogP contribution in [0.4, 0.5) is 0 Å². The maximum Gasteiger partial charge on any atom is 0.252 e. The van der Waals surface area contributed by atoms with Crippen molar-refractivity contribution in [1.29, 1.82) is 0 Å². The molecule has 0 atom stereocenters. The van der Waals surface area contributed by atoms with Gasteiger partial charge in [-0.05, 0) is 11.4 Å². The molecule has 1 fully saturated rings. The smallest absolute Gasteiger partial charge is 0.252 e. The Morgan fingerprint density at radius 3 is 2.53 bits per heavy atom. The summed E-state index contributed by atoms with van der Waals surface area (Å²) in [6.45, 7) is 2.79. The third-order valence-electron chi connectivity index (χ3n) is 3.09. The molecule has 0 aliphatic carbocycles. The molecule has 1 aliphatic heterocycles. The molecule has 19 heavy (non-hydrogen) atoms. The third-order valence-corrected chi connectivity index (χ3v) is 6.37. The molecule has 8 heteroatoms. The fourth-order valence-electron chi connectivity index (χ4n) is 2.00. The fourth-order valence-corrected chi connectivity index (χ4v) is 4.57. The number of carbonyl (C=O) groups excluding carboxylic acids is 1. The number of rotatable bonds is 5. The van der Waals surface area contributed by atoms with E-state index in [1.54, 1.807) is 17.5 Å². The lowest BCUT2D eigenvalue weighted by Crippen LogP contribution is -2.48. The summed E-state index contributed by atoms with van der Waals surface area (Å²) in [6.07, 6.45) is 0.317. The van der Waals surface area contributed by atoms with Crippen molar-refractivity contribution >= 4 is 27.3 Å². The van der Waals surface area contributed by atoms with Gasteiger partial charge in [-0.3, -0.25) is 4.79 Å². The molecule has 2 heterocycles. The number of primary amides is 1. The number of hydrogen-bond donors (Lipinski definition) is 1. The van der Waals surface area contributed by atoms with Crippen LogP contribution in [0.2, 0.25) is 0 Å². The highest BCUT2D eigenvalue weighted by Gasteiger charge is 2.28. The molecular weight excluding hydrogens is 286 g/mol. The summed E-state index contributed by atoms with van der Waals surface area (Å²) in [4.78, 5) is 12.8. The van der Waals surface area contributed by atoms with Crippen molar-refractivity contribution in [3.05, 3.63) is 17.5 Å². The van der Waals surface area contributed by atoms with Gasteiger partial charge >= 0.3 is 0 Å². The molecule has 106 valence electrons. The highest BCUT2D eigenvalue weighted by Crippen LogP contribution is 2.21. The first-order chi connectivity index (χ1) is 9.00. The van der Waals surface area contributed by atoms with Gasteiger partial charge in [-0.25, -0.2) is 8.42 Å². The van der Waals surface area contributed by atoms with Gasteiger partial charge < -0.3 is 10.6 Å². The van der Waals surface area contributed by atoms with Gasteiger partial charge in [-0.1, -0.05) is 6.07 Å². The Morgan fingerprint density at radius 2 is 2.00 bits per heavy atom. The van der Waals surface area contributed by atoms with Gasteiger partial charge in [-0.2, -0.15) is 4.31 Å². The number of piperazine rings is 1. The maximum absolute atomic E-state index is 12.3. The van der Waals surface area contributed by atoms with Gasteiger partial charge in [-0.15, -0.1) is 11.3 Å². The Balaban J connectivity index is 1.91. The monoisotopic (exact) mass is 303 g/mol. The molecule has 0 spiro atoms. The summed E-state index contributed by atoms with van der Waals surface area (Å²) >= 11 is 1.23. The van der Waals surface area contributed by atoms with E-state index in [4.69, 9.17) is 5.73 Å². The molecular formula is C11H17N3O3S2. The van der Waals surface area contributed by atoms with Crippen LogP contribution in [0.3, 0.4) is 0 Å². The molecule has 2 rings (SSSR count). The van der Waals surface area contributed by atoms with Crippen molar-refractivity contribution < 1.29 is 13.2 Å². The normalized spacial score (nSPS) is 18.5. The third kappa shape index (κ3) is 3.53. The number of carbonyl (C=O) groups is 1. The van der Waals surface area contributed by atoms with Crippen LogP contribution in [0.25, 0.3) is 0 Å². The van der Waals surface area contributed by atoms with E-state index in [0.29, 0.717) is 43.4 Å². The van der Waals surface area contributed by atoms with Crippen molar-refractivity contribution in [3.63, 3.8) is 0 Å². The maximum atomic E-state index is 12.3. The summed E-state index contributed by atoms with van der Waals surface area (Å²) < 4.78 is 26.4. The molecule has 0 saturated carbocycles. The van der Waals surface area contributed by atoms with Gasteiger partial charge in [0.1, 0.15) is 4.21 Å². The van der Waals surface area contributed by atoms with Gasteiger partial charge in [0.05, 0.1) is 0 Å². The molecule has 0 radical (unpaired) electrons. The van der Waals surface area contributed by atoms with Crippen LogP contribution in [-0.4, -0.2) is 56.3 Å². The van der Waals surface area contributed by atoms with E-state index in [-0.39, 0.29) is 5.91 Å². The molecule has 1 aromatic heterocycles. The molecule has 0 unspecified atom stereocenters. The van der Waals surface area contributed by atoms with Crippen molar-refractivity contribution in [2.24, 2.45) is 5.73 Å². The lowest BCUT2D eigenvalue weighted by atomic mass is 10.3. The zero-order valence-electron chi connectivity index (χ0n) is 10.5.